The molecule has 1 N–H and O–H groups in total. The molecule has 1 heterocycles. The molecule has 1 aromatic carbocycles. The van der Waals surface area contributed by atoms with Crippen LogP contribution in [0, 0.1) is 0 Å². The quantitative estimate of drug-likeness (QED) is 0.864. The van der Waals surface area contributed by atoms with Crippen molar-refractivity contribution in [1.82, 2.24) is 10.2 Å². The number of nitrogens with one attached hydrogen (secondary N) is 1. The van der Waals surface area contributed by atoms with Gasteiger partial charge in [0.05, 0.1) is 6.61 Å². The SMILES string of the molecule is CCNCc1cc2c(cc1OCC)C(CC)N(C)CC2. The van der Waals surface area contributed by atoms with E-state index in [1.807, 2.05) is 0 Å². The zero-order chi connectivity index (χ0) is 14.5. The number of benzene rings is 1. The molecule has 0 saturated carbocycles. The maximum atomic E-state index is 5.87. The second kappa shape index (κ2) is 7.09. The average Bonchev–Trinajstić information content (AvgIpc) is 2.45. The first-order chi connectivity index (χ1) is 9.71. The molecular formula is C17H28N2O. The minimum atomic E-state index is 0.533. The van der Waals surface area contributed by atoms with Crippen LogP contribution in [0.25, 0.3) is 0 Å². The fourth-order valence-corrected chi connectivity index (χ4v) is 3.13. The molecule has 1 aromatic rings. The molecule has 1 atom stereocenters. The lowest BCUT2D eigenvalue weighted by molar-refractivity contribution is 0.224. The van der Waals surface area contributed by atoms with Gasteiger partial charge in [-0.3, -0.25) is 4.90 Å². The van der Waals surface area contributed by atoms with E-state index >= 15 is 0 Å². The van der Waals surface area contributed by atoms with Gasteiger partial charge in [0.2, 0.25) is 0 Å². The molecule has 2 rings (SSSR count). The summed E-state index contributed by atoms with van der Waals surface area (Å²) >= 11 is 0. The maximum absolute atomic E-state index is 5.87. The summed E-state index contributed by atoms with van der Waals surface area (Å²) in [5.74, 6) is 1.06. The summed E-state index contributed by atoms with van der Waals surface area (Å²) < 4.78 is 5.87. The van der Waals surface area contributed by atoms with Crippen LogP contribution in [-0.4, -0.2) is 31.6 Å². The molecule has 3 nitrogen and oxygen atoms in total. The van der Waals surface area contributed by atoms with E-state index in [2.05, 4.69) is 50.2 Å². The molecule has 0 bridgehead atoms. The Kier molecular flexibility index (Phi) is 5.44. The number of ether oxygens (including phenoxy) is 1. The van der Waals surface area contributed by atoms with Crippen molar-refractivity contribution in [3.63, 3.8) is 0 Å². The highest BCUT2D eigenvalue weighted by molar-refractivity contribution is 5.45. The van der Waals surface area contributed by atoms with Crippen molar-refractivity contribution in [3.05, 3.63) is 28.8 Å². The zero-order valence-electron chi connectivity index (χ0n) is 13.3. The van der Waals surface area contributed by atoms with Gasteiger partial charge >= 0.3 is 0 Å². The summed E-state index contributed by atoms with van der Waals surface area (Å²) in [7, 11) is 2.23. The van der Waals surface area contributed by atoms with Crippen molar-refractivity contribution < 1.29 is 4.74 Å². The molecule has 20 heavy (non-hydrogen) atoms. The molecule has 1 unspecified atom stereocenters. The Labute approximate surface area is 123 Å². The lowest BCUT2D eigenvalue weighted by Crippen LogP contribution is -2.32. The van der Waals surface area contributed by atoms with Crippen molar-refractivity contribution in [1.29, 1.82) is 0 Å². The Bertz CT molecular complexity index is 445. The molecule has 3 heteroatoms. The third kappa shape index (κ3) is 3.15. The molecule has 0 fully saturated rings. The van der Waals surface area contributed by atoms with Gasteiger partial charge in [0.1, 0.15) is 5.75 Å². The van der Waals surface area contributed by atoms with Crippen LogP contribution in [-0.2, 0) is 13.0 Å². The molecule has 0 radical (unpaired) electrons. The molecule has 0 spiro atoms. The Morgan fingerprint density at radius 2 is 2.10 bits per heavy atom. The monoisotopic (exact) mass is 276 g/mol. The van der Waals surface area contributed by atoms with Crippen molar-refractivity contribution in [3.8, 4) is 5.75 Å². The number of hydrogen-bond donors (Lipinski definition) is 1. The van der Waals surface area contributed by atoms with Crippen LogP contribution < -0.4 is 10.1 Å². The fraction of sp³-hybridized carbons (Fsp3) is 0.647. The molecule has 1 aliphatic rings. The van der Waals surface area contributed by atoms with E-state index in [1.54, 1.807) is 0 Å². The number of nitrogens with zero attached hydrogens (tertiary/aromatic N) is 1. The van der Waals surface area contributed by atoms with Gasteiger partial charge in [-0.25, -0.2) is 0 Å². The van der Waals surface area contributed by atoms with E-state index in [1.165, 1.54) is 16.7 Å². The molecule has 112 valence electrons. The largest absolute Gasteiger partial charge is 0.494 e. The van der Waals surface area contributed by atoms with Crippen LogP contribution in [0.4, 0.5) is 0 Å². The van der Waals surface area contributed by atoms with Crippen molar-refractivity contribution in [2.24, 2.45) is 0 Å². The van der Waals surface area contributed by atoms with Crippen LogP contribution in [0.3, 0.4) is 0 Å². The lowest BCUT2D eigenvalue weighted by Gasteiger charge is -2.34. The lowest BCUT2D eigenvalue weighted by atomic mass is 9.89. The molecule has 1 aliphatic heterocycles. The number of hydrogen-bond acceptors (Lipinski definition) is 3. The van der Waals surface area contributed by atoms with Gasteiger partial charge in [0.25, 0.3) is 0 Å². The van der Waals surface area contributed by atoms with Gasteiger partial charge in [-0.05, 0) is 50.6 Å². The first-order valence-corrected chi connectivity index (χ1v) is 7.90. The van der Waals surface area contributed by atoms with Gasteiger partial charge in [-0.15, -0.1) is 0 Å². The van der Waals surface area contributed by atoms with Gasteiger partial charge in [0.15, 0.2) is 0 Å². The van der Waals surface area contributed by atoms with Crippen LogP contribution in [0.2, 0.25) is 0 Å². The minimum Gasteiger partial charge on any atom is -0.494 e. The molecular weight excluding hydrogens is 248 g/mol. The van der Waals surface area contributed by atoms with E-state index in [0.29, 0.717) is 6.04 Å². The topological polar surface area (TPSA) is 24.5 Å². The summed E-state index contributed by atoms with van der Waals surface area (Å²) in [6, 6.07) is 5.18. The van der Waals surface area contributed by atoms with Crippen LogP contribution in [0.1, 0.15) is 49.9 Å². The van der Waals surface area contributed by atoms with Gasteiger partial charge < -0.3 is 10.1 Å². The van der Waals surface area contributed by atoms with E-state index in [0.717, 1.165) is 44.8 Å². The van der Waals surface area contributed by atoms with Crippen LogP contribution >= 0.6 is 0 Å². The van der Waals surface area contributed by atoms with E-state index in [-0.39, 0.29) is 0 Å². The Balaban J connectivity index is 2.37. The van der Waals surface area contributed by atoms with Crippen molar-refractivity contribution in [2.45, 2.75) is 46.2 Å². The molecule has 0 saturated heterocycles. The molecule has 0 aliphatic carbocycles. The Morgan fingerprint density at radius 1 is 1.30 bits per heavy atom. The normalized spacial score (nSPS) is 18.9. The van der Waals surface area contributed by atoms with Gasteiger partial charge in [-0.1, -0.05) is 19.9 Å². The first kappa shape index (κ1) is 15.3. The summed E-state index contributed by atoms with van der Waals surface area (Å²) in [5.41, 5.74) is 4.27. The smallest absolute Gasteiger partial charge is 0.124 e. The highest BCUT2D eigenvalue weighted by Gasteiger charge is 2.24. The highest BCUT2D eigenvalue weighted by Crippen LogP contribution is 2.35. The average molecular weight is 276 g/mol. The van der Waals surface area contributed by atoms with Crippen molar-refractivity contribution in [2.75, 3.05) is 26.7 Å². The van der Waals surface area contributed by atoms with Gasteiger partial charge in [-0.2, -0.15) is 0 Å². The van der Waals surface area contributed by atoms with Crippen LogP contribution in [0.5, 0.6) is 5.75 Å². The minimum absolute atomic E-state index is 0.533. The zero-order valence-corrected chi connectivity index (χ0v) is 13.3. The second-order valence-corrected chi connectivity index (χ2v) is 5.53. The van der Waals surface area contributed by atoms with E-state index in [4.69, 9.17) is 4.74 Å². The number of fused-ring (bicyclic) bond motifs is 1. The standard InChI is InChI=1S/C17H28N2O/c1-5-16-15-11-17(20-7-3)14(12-18-6-2)10-13(15)8-9-19(16)4/h10-11,16,18H,5-9,12H2,1-4H3. The summed E-state index contributed by atoms with van der Waals surface area (Å²) in [6.07, 6.45) is 2.30. The summed E-state index contributed by atoms with van der Waals surface area (Å²) in [5, 5.41) is 3.41. The summed E-state index contributed by atoms with van der Waals surface area (Å²) in [4.78, 5) is 2.46. The van der Waals surface area contributed by atoms with Crippen LogP contribution in [0.15, 0.2) is 12.1 Å². The fourth-order valence-electron chi connectivity index (χ4n) is 3.13. The predicted octanol–water partition coefficient (Wildman–Crippen LogP) is 3.13. The highest BCUT2D eigenvalue weighted by atomic mass is 16.5. The van der Waals surface area contributed by atoms with E-state index < -0.39 is 0 Å². The first-order valence-electron chi connectivity index (χ1n) is 7.90. The Hall–Kier alpha value is -1.06. The Morgan fingerprint density at radius 3 is 2.75 bits per heavy atom. The van der Waals surface area contributed by atoms with E-state index in [9.17, 15) is 0 Å². The maximum Gasteiger partial charge on any atom is 0.124 e. The number of rotatable bonds is 6. The third-order valence-electron chi connectivity index (χ3n) is 4.20. The van der Waals surface area contributed by atoms with Gasteiger partial charge in [0, 0.05) is 24.7 Å². The van der Waals surface area contributed by atoms with Crippen molar-refractivity contribution >= 4 is 0 Å². The molecule has 0 aromatic heterocycles. The third-order valence-corrected chi connectivity index (χ3v) is 4.20. The molecule has 0 amide bonds. The second-order valence-electron chi connectivity index (χ2n) is 5.53. The predicted molar refractivity (Wildman–Crippen MR) is 84.4 cm³/mol. The number of likely N-dealkylation sites (N-methyl/N-ethyl adjacent to an activating group) is 1. The summed E-state index contributed by atoms with van der Waals surface area (Å²) in [6.45, 7) is 10.2.